The molecule has 15 heavy (non-hydrogen) atoms. The van der Waals surface area contributed by atoms with Crippen LogP contribution in [-0.4, -0.2) is 26.2 Å². The number of hydrogen-bond donors (Lipinski definition) is 2. The summed E-state index contributed by atoms with van der Waals surface area (Å²) in [5.74, 6) is 0.933. The van der Waals surface area contributed by atoms with E-state index in [2.05, 4.69) is 26.0 Å². The molecule has 0 amide bonds. The average molecular weight is 218 g/mol. The van der Waals surface area contributed by atoms with Crippen LogP contribution >= 0.6 is 11.8 Å². The summed E-state index contributed by atoms with van der Waals surface area (Å²) in [4.78, 5) is 15.3. The molecule has 0 unspecified atom stereocenters. The number of aromatic nitrogens is 4. The fraction of sp³-hybridized carbons (Fsp3) is 0.200. The first-order valence-corrected chi connectivity index (χ1v) is 5.89. The average Bonchev–Trinajstić information content (AvgIpc) is 2.74. The highest BCUT2D eigenvalue weighted by atomic mass is 32.2. The third kappa shape index (κ3) is 1.31. The van der Waals surface area contributed by atoms with Gasteiger partial charge in [0.25, 0.3) is 0 Å². The largest absolute Gasteiger partial charge is 0.342 e. The van der Waals surface area contributed by atoms with Crippen LogP contribution in [0.5, 0.6) is 0 Å². The lowest BCUT2D eigenvalue weighted by molar-refractivity contribution is 1.09. The number of nitrogens with zero attached hydrogens (tertiary/aromatic N) is 2. The van der Waals surface area contributed by atoms with Crippen molar-refractivity contribution in [2.45, 2.75) is 12.1 Å². The van der Waals surface area contributed by atoms with Crippen molar-refractivity contribution in [3.63, 3.8) is 0 Å². The Kier molecular flexibility index (Phi) is 1.76. The summed E-state index contributed by atoms with van der Waals surface area (Å²) < 4.78 is 0. The lowest BCUT2D eigenvalue weighted by Gasteiger charge is -1.87. The maximum Gasteiger partial charge on any atom is 0.166 e. The molecule has 0 fully saturated rings. The van der Waals surface area contributed by atoms with Crippen molar-refractivity contribution >= 4 is 33.8 Å². The van der Waals surface area contributed by atoms with E-state index in [0.717, 1.165) is 33.0 Å². The predicted octanol–water partition coefficient (Wildman–Crippen LogP) is 2.47. The van der Waals surface area contributed by atoms with E-state index in [0.29, 0.717) is 0 Å². The molecule has 0 saturated heterocycles. The van der Waals surface area contributed by atoms with Gasteiger partial charge in [-0.1, -0.05) is 11.8 Å². The van der Waals surface area contributed by atoms with Crippen molar-refractivity contribution in [1.82, 2.24) is 19.9 Å². The number of thioether (sulfide) groups is 1. The van der Waals surface area contributed by atoms with E-state index in [1.165, 1.54) is 0 Å². The molecule has 2 heterocycles. The highest BCUT2D eigenvalue weighted by molar-refractivity contribution is 7.98. The van der Waals surface area contributed by atoms with E-state index in [9.17, 15) is 0 Å². The summed E-state index contributed by atoms with van der Waals surface area (Å²) in [5, 5.41) is 0.939. The second kappa shape index (κ2) is 3.00. The molecule has 0 aliphatic carbocycles. The first-order chi connectivity index (χ1) is 7.26. The van der Waals surface area contributed by atoms with Crippen LogP contribution in [-0.2, 0) is 0 Å². The smallest absolute Gasteiger partial charge is 0.166 e. The molecule has 2 aromatic heterocycles. The minimum atomic E-state index is 0.933. The van der Waals surface area contributed by atoms with Gasteiger partial charge in [0.2, 0.25) is 0 Å². The van der Waals surface area contributed by atoms with E-state index in [4.69, 9.17) is 0 Å². The number of H-pyrrole nitrogens is 2. The van der Waals surface area contributed by atoms with Crippen LogP contribution in [0.1, 0.15) is 5.82 Å². The Labute approximate surface area is 90.5 Å². The van der Waals surface area contributed by atoms with Crippen LogP contribution in [0.25, 0.3) is 22.1 Å². The summed E-state index contributed by atoms with van der Waals surface area (Å²) in [5.41, 5.74) is 4.05. The molecule has 0 spiro atoms. The van der Waals surface area contributed by atoms with Gasteiger partial charge in [0, 0.05) is 0 Å². The van der Waals surface area contributed by atoms with Crippen molar-refractivity contribution in [1.29, 1.82) is 0 Å². The van der Waals surface area contributed by atoms with E-state index in [-0.39, 0.29) is 0 Å². The van der Waals surface area contributed by atoms with Gasteiger partial charge in [-0.15, -0.1) is 0 Å². The predicted molar refractivity (Wildman–Crippen MR) is 62.3 cm³/mol. The van der Waals surface area contributed by atoms with E-state index in [1.54, 1.807) is 11.8 Å². The number of imidazole rings is 2. The molecule has 0 radical (unpaired) electrons. The maximum absolute atomic E-state index is 4.44. The monoisotopic (exact) mass is 218 g/mol. The summed E-state index contributed by atoms with van der Waals surface area (Å²) in [6.07, 6.45) is 2.01. The lowest BCUT2D eigenvalue weighted by Crippen LogP contribution is -1.71. The Bertz CT molecular complexity index is 586. The van der Waals surface area contributed by atoms with E-state index < -0.39 is 0 Å². The van der Waals surface area contributed by atoms with Crippen molar-refractivity contribution in [3.05, 3.63) is 18.0 Å². The number of benzene rings is 1. The molecule has 1 aromatic carbocycles. The van der Waals surface area contributed by atoms with Crippen molar-refractivity contribution < 1.29 is 0 Å². The Hall–Kier alpha value is -1.49. The van der Waals surface area contributed by atoms with Gasteiger partial charge in [0.05, 0.1) is 22.1 Å². The molecule has 76 valence electrons. The molecule has 0 aliphatic rings. The lowest BCUT2D eigenvalue weighted by atomic mass is 10.3. The van der Waals surface area contributed by atoms with Crippen molar-refractivity contribution in [2.24, 2.45) is 0 Å². The van der Waals surface area contributed by atoms with Crippen LogP contribution in [0.3, 0.4) is 0 Å². The standard InChI is InChI=1S/C10H10N4S/c1-5-11-6-3-8-9(4-7(6)12-5)14-10(13-8)15-2/h3-4H,1-2H3,(H,11,12)(H,13,14). The third-order valence-corrected chi connectivity index (χ3v) is 2.95. The molecule has 5 heteroatoms. The highest BCUT2D eigenvalue weighted by Crippen LogP contribution is 2.22. The van der Waals surface area contributed by atoms with E-state index >= 15 is 0 Å². The fourth-order valence-electron chi connectivity index (χ4n) is 1.72. The SMILES string of the molecule is CSc1nc2cc3nc(C)[nH]c3cc2[nH]1. The Morgan fingerprint density at radius 1 is 1.07 bits per heavy atom. The zero-order valence-corrected chi connectivity index (χ0v) is 9.27. The summed E-state index contributed by atoms with van der Waals surface area (Å²) >= 11 is 1.61. The number of rotatable bonds is 1. The first kappa shape index (κ1) is 8.79. The van der Waals surface area contributed by atoms with Crippen molar-refractivity contribution in [2.75, 3.05) is 6.26 Å². The molecule has 0 aliphatic heterocycles. The van der Waals surface area contributed by atoms with Gasteiger partial charge in [-0.05, 0) is 25.3 Å². The Morgan fingerprint density at radius 2 is 1.80 bits per heavy atom. The highest BCUT2D eigenvalue weighted by Gasteiger charge is 2.05. The first-order valence-electron chi connectivity index (χ1n) is 4.66. The summed E-state index contributed by atoms with van der Waals surface area (Å²) in [6, 6.07) is 4.06. The normalized spacial score (nSPS) is 11.6. The summed E-state index contributed by atoms with van der Waals surface area (Å²) in [6.45, 7) is 1.95. The molecule has 3 aromatic rings. The molecular weight excluding hydrogens is 208 g/mol. The van der Waals surface area contributed by atoms with Gasteiger partial charge in [-0.25, -0.2) is 9.97 Å². The number of hydrogen-bond acceptors (Lipinski definition) is 3. The number of fused-ring (bicyclic) bond motifs is 2. The summed E-state index contributed by atoms with van der Waals surface area (Å²) in [7, 11) is 0. The Balaban J connectivity index is 2.37. The molecule has 0 saturated carbocycles. The van der Waals surface area contributed by atoms with Crippen LogP contribution in [0, 0.1) is 6.92 Å². The zero-order chi connectivity index (χ0) is 10.4. The van der Waals surface area contributed by atoms with Crippen LogP contribution < -0.4 is 0 Å². The Morgan fingerprint density at radius 3 is 2.60 bits per heavy atom. The van der Waals surface area contributed by atoms with Crippen LogP contribution in [0.2, 0.25) is 0 Å². The topological polar surface area (TPSA) is 57.4 Å². The minimum Gasteiger partial charge on any atom is -0.342 e. The molecule has 2 N–H and O–H groups in total. The molecule has 0 bridgehead atoms. The molecule has 3 rings (SSSR count). The number of aryl methyl sites for hydroxylation is 1. The fourth-order valence-corrected chi connectivity index (χ4v) is 2.12. The van der Waals surface area contributed by atoms with Gasteiger partial charge < -0.3 is 9.97 Å². The second-order valence-electron chi connectivity index (χ2n) is 3.45. The van der Waals surface area contributed by atoms with Crippen LogP contribution in [0.4, 0.5) is 0 Å². The molecular formula is C10H10N4S. The van der Waals surface area contributed by atoms with Crippen LogP contribution in [0.15, 0.2) is 17.3 Å². The molecule has 4 nitrogen and oxygen atoms in total. The third-order valence-electron chi connectivity index (χ3n) is 2.37. The minimum absolute atomic E-state index is 0.933. The van der Waals surface area contributed by atoms with Gasteiger partial charge in [0.15, 0.2) is 5.16 Å². The van der Waals surface area contributed by atoms with Gasteiger partial charge in [-0.3, -0.25) is 0 Å². The van der Waals surface area contributed by atoms with Gasteiger partial charge >= 0.3 is 0 Å². The zero-order valence-electron chi connectivity index (χ0n) is 8.46. The molecule has 0 atom stereocenters. The van der Waals surface area contributed by atoms with Crippen molar-refractivity contribution in [3.8, 4) is 0 Å². The van der Waals surface area contributed by atoms with Gasteiger partial charge in [-0.2, -0.15) is 0 Å². The quantitative estimate of drug-likeness (QED) is 0.617. The van der Waals surface area contributed by atoms with Gasteiger partial charge in [0.1, 0.15) is 5.82 Å². The number of aromatic amines is 2. The maximum atomic E-state index is 4.44. The number of nitrogens with one attached hydrogen (secondary N) is 2. The van der Waals surface area contributed by atoms with E-state index in [1.807, 2.05) is 19.2 Å². The second-order valence-corrected chi connectivity index (χ2v) is 4.25.